The summed E-state index contributed by atoms with van der Waals surface area (Å²) in [6.07, 6.45) is 0. The van der Waals surface area contributed by atoms with Gasteiger partial charge < -0.3 is 14.4 Å². The van der Waals surface area contributed by atoms with Crippen molar-refractivity contribution in [2.45, 2.75) is 36.7 Å². The van der Waals surface area contributed by atoms with E-state index in [0.717, 1.165) is 29.0 Å². The molecule has 0 spiro atoms. The van der Waals surface area contributed by atoms with Crippen LogP contribution in [0.4, 0.5) is 34.1 Å². The van der Waals surface area contributed by atoms with Gasteiger partial charge in [-0.05, 0) is 122 Å². The minimum Gasteiger partial charge on any atom is -0.367 e. The van der Waals surface area contributed by atoms with E-state index >= 15 is 0 Å². The van der Waals surface area contributed by atoms with Crippen molar-refractivity contribution in [3.63, 3.8) is 0 Å². The molecular formula is C36H36N6O5S2. The van der Waals surface area contributed by atoms with Crippen molar-refractivity contribution in [1.82, 2.24) is 0 Å². The second-order valence-electron chi connectivity index (χ2n) is 11.0. The van der Waals surface area contributed by atoms with E-state index in [-0.39, 0.29) is 4.90 Å². The monoisotopic (exact) mass is 696 g/mol. The minimum absolute atomic E-state index is 0.126. The number of hydrogen-bond acceptors (Lipinski definition) is 9. The topological polar surface area (TPSA) is 148 Å². The molecule has 252 valence electrons. The van der Waals surface area contributed by atoms with Gasteiger partial charge >= 0.3 is 0 Å². The minimum atomic E-state index is -4.26. The van der Waals surface area contributed by atoms with Crippen LogP contribution >= 0.6 is 0 Å². The largest absolute Gasteiger partial charge is 0.367 e. The quantitative estimate of drug-likeness (QED) is 0.0668. The molecule has 0 radical (unpaired) electrons. The summed E-state index contributed by atoms with van der Waals surface area (Å²) in [7, 11) is -4.26. The summed E-state index contributed by atoms with van der Waals surface area (Å²) in [4.78, 5) is 4.51. The zero-order valence-electron chi connectivity index (χ0n) is 27.0. The number of anilines is 2. The Balaban J connectivity index is 1.16. The summed E-state index contributed by atoms with van der Waals surface area (Å²) in [6, 6.07) is 36.0. The van der Waals surface area contributed by atoms with Gasteiger partial charge in [0.1, 0.15) is 0 Å². The average Bonchev–Trinajstić information content (AvgIpc) is 3.12. The van der Waals surface area contributed by atoms with Crippen molar-refractivity contribution < 1.29 is 21.7 Å². The van der Waals surface area contributed by atoms with Crippen molar-refractivity contribution in [1.29, 1.82) is 0 Å². The van der Waals surface area contributed by atoms with Crippen LogP contribution in [-0.4, -0.2) is 34.8 Å². The van der Waals surface area contributed by atoms with E-state index in [1.807, 2.05) is 91.9 Å². The third-order valence-electron chi connectivity index (χ3n) is 7.65. The van der Waals surface area contributed by atoms with Crippen LogP contribution in [0.3, 0.4) is 0 Å². The molecule has 5 aromatic carbocycles. The lowest BCUT2D eigenvalue weighted by Crippen LogP contribution is -2.22. The SMILES string of the molecule is CCN(Cc1cccc(S(=O)O)c1)c1ccc(/N=N/c2ccc(/N=N/c3ccc(N(CC)Cc4cccc(S(=O)(=O)O)c4)cc3)cc2)cc1. The smallest absolute Gasteiger partial charge is 0.294 e. The first kappa shape index (κ1) is 35.2. The highest BCUT2D eigenvalue weighted by Gasteiger charge is 2.12. The lowest BCUT2D eigenvalue weighted by Gasteiger charge is -2.23. The summed E-state index contributed by atoms with van der Waals surface area (Å²) < 4.78 is 53.2. The van der Waals surface area contributed by atoms with E-state index in [1.54, 1.807) is 24.3 Å². The van der Waals surface area contributed by atoms with Crippen LogP contribution in [0.25, 0.3) is 0 Å². The molecule has 0 saturated heterocycles. The van der Waals surface area contributed by atoms with Crippen molar-refractivity contribution in [2.24, 2.45) is 20.5 Å². The van der Waals surface area contributed by atoms with Gasteiger partial charge in [0.2, 0.25) is 0 Å². The molecule has 0 aliphatic heterocycles. The zero-order chi connectivity index (χ0) is 34.8. The molecule has 13 heteroatoms. The van der Waals surface area contributed by atoms with Crippen LogP contribution in [0.5, 0.6) is 0 Å². The fourth-order valence-electron chi connectivity index (χ4n) is 5.05. The molecule has 11 nitrogen and oxygen atoms in total. The van der Waals surface area contributed by atoms with Gasteiger partial charge in [0.05, 0.1) is 32.5 Å². The van der Waals surface area contributed by atoms with Crippen molar-refractivity contribution >= 4 is 55.3 Å². The second kappa shape index (κ2) is 16.3. The third kappa shape index (κ3) is 9.97. The summed E-state index contributed by atoms with van der Waals surface area (Å²) in [5, 5.41) is 17.4. The molecule has 0 aliphatic carbocycles. The molecule has 49 heavy (non-hydrogen) atoms. The summed E-state index contributed by atoms with van der Waals surface area (Å²) in [6.45, 7) is 6.60. The number of hydrogen-bond donors (Lipinski definition) is 2. The van der Waals surface area contributed by atoms with E-state index in [2.05, 4.69) is 37.2 Å². The summed E-state index contributed by atoms with van der Waals surface area (Å²) in [5.41, 5.74) is 6.38. The van der Waals surface area contributed by atoms with Gasteiger partial charge in [-0.1, -0.05) is 24.3 Å². The first-order chi connectivity index (χ1) is 23.6. The van der Waals surface area contributed by atoms with Gasteiger partial charge in [0.15, 0.2) is 11.1 Å². The molecular weight excluding hydrogens is 661 g/mol. The normalized spacial score (nSPS) is 12.4. The Morgan fingerprint density at radius 2 is 0.980 bits per heavy atom. The standard InChI is InChI=1S/C36H36N6O5S2/c1-3-41(25-27-7-5-9-35(23-27)48(43)44)33-19-15-31(16-20-33)39-37-29-11-13-30(14-12-29)38-40-32-17-21-34(22-18-32)42(4-2)26-28-8-6-10-36(24-28)49(45,46)47/h5-24H,3-4,25-26H2,1-2H3,(H,43,44)(H,45,46,47)/b39-37+,40-38+. The highest BCUT2D eigenvalue weighted by molar-refractivity contribution is 7.85. The Kier molecular flexibility index (Phi) is 11.8. The van der Waals surface area contributed by atoms with Crippen LogP contribution in [0.1, 0.15) is 25.0 Å². The molecule has 0 aromatic heterocycles. The molecule has 5 rings (SSSR count). The maximum Gasteiger partial charge on any atom is 0.294 e. The molecule has 2 N–H and O–H groups in total. The van der Waals surface area contributed by atoms with Gasteiger partial charge in [-0.3, -0.25) is 4.55 Å². The Morgan fingerprint density at radius 3 is 1.37 bits per heavy atom. The van der Waals surface area contributed by atoms with Gasteiger partial charge in [-0.2, -0.15) is 28.9 Å². The summed E-state index contributed by atoms with van der Waals surface area (Å²) >= 11 is -2.01. The number of benzene rings is 5. The number of nitrogens with zero attached hydrogens (tertiary/aromatic N) is 6. The highest BCUT2D eigenvalue weighted by atomic mass is 32.2. The van der Waals surface area contributed by atoms with Crippen LogP contribution in [0.15, 0.2) is 152 Å². The molecule has 0 saturated carbocycles. The Hall–Kier alpha value is -5.08. The number of azo groups is 2. The van der Waals surface area contributed by atoms with E-state index in [0.29, 0.717) is 47.3 Å². The molecule has 0 bridgehead atoms. The van der Waals surface area contributed by atoms with Crippen molar-refractivity contribution in [3.8, 4) is 0 Å². The molecule has 1 unspecified atom stereocenters. The average molecular weight is 697 g/mol. The van der Waals surface area contributed by atoms with Crippen LogP contribution in [-0.2, 0) is 34.3 Å². The predicted octanol–water partition coefficient (Wildman–Crippen LogP) is 9.40. The van der Waals surface area contributed by atoms with Gasteiger partial charge in [0, 0.05) is 37.6 Å². The lowest BCUT2D eigenvalue weighted by atomic mass is 10.2. The molecule has 5 aromatic rings. The summed E-state index contributed by atoms with van der Waals surface area (Å²) in [5.74, 6) is 0. The molecule has 0 aliphatic rings. The van der Waals surface area contributed by atoms with Crippen LogP contribution < -0.4 is 9.80 Å². The maximum absolute atomic E-state index is 11.5. The third-order valence-corrected chi connectivity index (χ3v) is 9.15. The maximum atomic E-state index is 11.5. The van der Waals surface area contributed by atoms with Crippen molar-refractivity contribution in [3.05, 3.63) is 132 Å². The Morgan fingerprint density at radius 1 is 0.592 bits per heavy atom. The van der Waals surface area contributed by atoms with Gasteiger partial charge in [-0.25, -0.2) is 4.21 Å². The van der Waals surface area contributed by atoms with E-state index in [9.17, 15) is 21.7 Å². The zero-order valence-corrected chi connectivity index (χ0v) is 28.6. The first-order valence-corrected chi connectivity index (χ1v) is 18.1. The lowest BCUT2D eigenvalue weighted by molar-refractivity contribution is 0.483. The molecule has 0 amide bonds. The molecule has 1 atom stereocenters. The van der Waals surface area contributed by atoms with Crippen LogP contribution in [0.2, 0.25) is 0 Å². The first-order valence-electron chi connectivity index (χ1n) is 15.5. The Bertz CT molecular complexity index is 2050. The van der Waals surface area contributed by atoms with Gasteiger partial charge in [0.25, 0.3) is 10.1 Å². The fourth-order valence-corrected chi connectivity index (χ4v) is 6.04. The van der Waals surface area contributed by atoms with E-state index in [4.69, 9.17) is 0 Å². The predicted molar refractivity (Wildman–Crippen MR) is 193 cm³/mol. The van der Waals surface area contributed by atoms with E-state index in [1.165, 1.54) is 12.1 Å². The molecule has 0 fully saturated rings. The number of rotatable bonds is 14. The fraction of sp³-hybridized carbons (Fsp3) is 0.167. The van der Waals surface area contributed by atoms with Crippen molar-refractivity contribution in [2.75, 3.05) is 22.9 Å². The highest BCUT2D eigenvalue weighted by Crippen LogP contribution is 2.27. The van der Waals surface area contributed by atoms with Gasteiger partial charge in [-0.15, -0.1) is 0 Å². The molecule has 0 heterocycles. The second-order valence-corrected chi connectivity index (χ2v) is 13.4. The van der Waals surface area contributed by atoms with Crippen LogP contribution in [0, 0.1) is 0 Å². The Labute approximate surface area is 288 Å². The van der Waals surface area contributed by atoms with E-state index < -0.39 is 21.2 Å².